The van der Waals surface area contributed by atoms with Crippen LogP contribution in [-0.4, -0.2) is 23.9 Å². The van der Waals surface area contributed by atoms with Gasteiger partial charge in [-0.2, -0.15) is 0 Å². The molecule has 1 fully saturated rings. The summed E-state index contributed by atoms with van der Waals surface area (Å²) in [5.41, 5.74) is 5.59. The Morgan fingerprint density at radius 1 is 1.21 bits per heavy atom. The van der Waals surface area contributed by atoms with Gasteiger partial charge in [-0.1, -0.05) is 24.3 Å². The molecule has 0 atom stereocenters. The smallest absolute Gasteiger partial charge is 0.136 e. The van der Waals surface area contributed by atoms with Gasteiger partial charge in [-0.3, -0.25) is 5.41 Å². The van der Waals surface area contributed by atoms with Crippen molar-refractivity contribution in [1.82, 2.24) is 4.98 Å². The number of nitrogens with one attached hydrogen (secondary N) is 1. The Labute approximate surface area is 112 Å². The topological polar surface area (TPSA) is 66.0 Å². The predicted molar refractivity (Wildman–Crippen MR) is 78.6 cm³/mol. The average molecular weight is 254 g/mol. The molecule has 0 amide bonds. The highest BCUT2D eigenvalue weighted by molar-refractivity contribution is 5.92. The fourth-order valence-electron chi connectivity index (χ4n) is 2.76. The normalized spacial score (nSPS) is 16.7. The zero-order valence-electron chi connectivity index (χ0n) is 10.8. The molecule has 0 spiro atoms. The van der Waals surface area contributed by atoms with E-state index in [1.807, 2.05) is 18.3 Å². The fraction of sp³-hybridized carbons (Fsp3) is 0.333. The second kappa shape index (κ2) is 4.88. The van der Waals surface area contributed by atoms with E-state index in [-0.39, 0.29) is 5.92 Å². The lowest BCUT2D eigenvalue weighted by Crippen LogP contribution is -2.38. The quantitative estimate of drug-likeness (QED) is 0.639. The largest absolute Gasteiger partial charge is 0.387 e. The van der Waals surface area contributed by atoms with Crippen molar-refractivity contribution in [3.05, 3.63) is 36.5 Å². The van der Waals surface area contributed by atoms with Crippen molar-refractivity contribution in [3.8, 4) is 0 Å². The number of aromatic nitrogens is 1. The average Bonchev–Trinajstić information content (AvgIpc) is 2.47. The molecule has 19 heavy (non-hydrogen) atoms. The summed E-state index contributed by atoms with van der Waals surface area (Å²) in [6, 6.07) is 10.4. The summed E-state index contributed by atoms with van der Waals surface area (Å²) < 4.78 is 0. The third-order valence-corrected chi connectivity index (χ3v) is 3.89. The summed E-state index contributed by atoms with van der Waals surface area (Å²) >= 11 is 0. The van der Waals surface area contributed by atoms with Crippen molar-refractivity contribution in [1.29, 1.82) is 5.41 Å². The number of fused-ring (bicyclic) bond motifs is 1. The van der Waals surface area contributed by atoms with E-state index in [4.69, 9.17) is 11.1 Å². The molecule has 1 aliphatic rings. The van der Waals surface area contributed by atoms with E-state index < -0.39 is 0 Å². The standard InChI is InChI=1S/C15H18N4/c16-14(17)12-6-9-19(10-7-12)15-13-4-2-1-3-11(13)5-8-18-15/h1-5,8,12H,6-7,9-10H2,(H3,16,17). The van der Waals surface area contributed by atoms with Crippen molar-refractivity contribution >= 4 is 22.4 Å². The molecule has 1 aliphatic heterocycles. The molecule has 1 aromatic carbocycles. The van der Waals surface area contributed by atoms with Crippen molar-refractivity contribution < 1.29 is 0 Å². The van der Waals surface area contributed by atoms with E-state index >= 15 is 0 Å². The van der Waals surface area contributed by atoms with Gasteiger partial charge in [-0.05, 0) is 24.3 Å². The second-order valence-electron chi connectivity index (χ2n) is 5.07. The maximum absolute atomic E-state index is 7.53. The molecule has 0 unspecified atom stereocenters. The third kappa shape index (κ3) is 2.26. The first-order valence-electron chi connectivity index (χ1n) is 6.68. The molecule has 3 N–H and O–H groups in total. The van der Waals surface area contributed by atoms with Crippen molar-refractivity contribution in [2.75, 3.05) is 18.0 Å². The fourth-order valence-corrected chi connectivity index (χ4v) is 2.76. The number of hydrogen-bond acceptors (Lipinski definition) is 3. The zero-order chi connectivity index (χ0) is 13.2. The van der Waals surface area contributed by atoms with Crippen LogP contribution >= 0.6 is 0 Å². The van der Waals surface area contributed by atoms with Gasteiger partial charge < -0.3 is 10.6 Å². The summed E-state index contributed by atoms with van der Waals surface area (Å²) in [4.78, 5) is 6.85. The molecule has 1 aromatic heterocycles. The van der Waals surface area contributed by atoms with Crippen LogP contribution in [0.15, 0.2) is 36.5 Å². The minimum absolute atomic E-state index is 0.242. The molecule has 2 aromatic rings. The molecule has 4 nitrogen and oxygen atoms in total. The molecular formula is C15H18N4. The van der Waals surface area contributed by atoms with Gasteiger partial charge in [0.1, 0.15) is 5.82 Å². The minimum atomic E-state index is 0.242. The molecule has 0 aliphatic carbocycles. The maximum Gasteiger partial charge on any atom is 0.136 e. The number of nitrogens with two attached hydrogens (primary N) is 1. The van der Waals surface area contributed by atoms with Gasteiger partial charge >= 0.3 is 0 Å². The van der Waals surface area contributed by atoms with Crippen molar-refractivity contribution in [2.45, 2.75) is 12.8 Å². The first-order valence-corrected chi connectivity index (χ1v) is 6.68. The van der Waals surface area contributed by atoms with Gasteiger partial charge in [0.25, 0.3) is 0 Å². The summed E-state index contributed by atoms with van der Waals surface area (Å²) in [5.74, 6) is 1.62. The van der Waals surface area contributed by atoms with E-state index in [0.29, 0.717) is 5.84 Å². The number of hydrogen-bond donors (Lipinski definition) is 2. The van der Waals surface area contributed by atoms with Crippen LogP contribution in [0.3, 0.4) is 0 Å². The van der Waals surface area contributed by atoms with Gasteiger partial charge in [0, 0.05) is 30.6 Å². The lowest BCUT2D eigenvalue weighted by atomic mass is 9.95. The van der Waals surface area contributed by atoms with E-state index in [2.05, 4.69) is 28.1 Å². The number of nitrogens with zero attached hydrogens (tertiary/aromatic N) is 2. The first-order chi connectivity index (χ1) is 9.25. The van der Waals surface area contributed by atoms with Gasteiger partial charge in [-0.15, -0.1) is 0 Å². The summed E-state index contributed by atoms with van der Waals surface area (Å²) in [5, 5.41) is 9.96. The Balaban J connectivity index is 1.88. The summed E-state index contributed by atoms with van der Waals surface area (Å²) in [7, 11) is 0. The molecule has 98 valence electrons. The molecule has 2 heterocycles. The van der Waals surface area contributed by atoms with Gasteiger partial charge in [0.05, 0.1) is 5.84 Å². The maximum atomic E-state index is 7.53. The van der Waals surface area contributed by atoms with Crippen LogP contribution in [0.5, 0.6) is 0 Å². The Bertz CT molecular complexity index is 595. The Hall–Kier alpha value is -2.10. The highest BCUT2D eigenvalue weighted by Gasteiger charge is 2.22. The molecule has 0 saturated carbocycles. The van der Waals surface area contributed by atoms with Gasteiger partial charge in [0.15, 0.2) is 0 Å². The Morgan fingerprint density at radius 2 is 1.95 bits per heavy atom. The first kappa shape index (κ1) is 12.0. The molecule has 3 rings (SSSR count). The lowest BCUT2D eigenvalue weighted by molar-refractivity contribution is 0.496. The summed E-state index contributed by atoms with van der Waals surface area (Å²) in [6.07, 6.45) is 3.76. The SMILES string of the molecule is N=C(N)C1CCN(c2nccc3ccccc23)CC1. The highest BCUT2D eigenvalue weighted by atomic mass is 15.2. The van der Waals surface area contributed by atoms with Crippen LogP contribution in [0.1, 0.15) is 12.8 Å². The van der Waals surface area contributed by atoms with Crippen LogP contribution in [0.25, 0.3) is 10.8 Å². The molecular weight excluding hydrogens is 236 g/mol. The van der Waals surface area contributed by atoms with Crippen LogP contribution in [0, 0.1) is 11.3 Å². The van der Waals surface area contributed by atoms with Crippen LogP contribution in [-0.2, 0) is 0 Å². The number of anilines is 1. The van der Waals surface area contributed by atoms with Crippen LogP contribution < -0.4 is 10.6 Å². The predicted octanol–water partition coefficient (Wildman–Crippen LogP) is 2.39. The highest BCUT2D eigenvalue weighted by Crippen LogP contribution is 2.27. The van der Waals surface area contributed by atoms with Crippen molar-refractivity contribution in [3.63, 3.8) is 0 Å². The van der Waals surface area contributed by atoms with Gasteiger partial charge in [0.2, 0.25) is 0 Å². The second-order valence-corrected chi connectivity index (χ2v) is 5.07. The van der Waals surface area contributed by atoms with E-state index in [1.165, 1.54) is 10.8 Å². The monoisotopic (exact) mass is 254 g/mol. The van der Waals surface area contributed by atoms with E-state index in [1.54, 1.807) is 0 Å². The lowest BCUT2D eigenvalue weighted by Gasteiger charge is -2.32. The Morgan fingerprint density at radius 3 is 2.68 bits per heavy atom. The minimum Gasteiger partial charge on any atom is -0.387 e. The van der Waals surface area contributed by atoms with Crippen LogP contribution in [0.2, 0.25) is 0 Å². The third-order valence-electron chi connectivity index (χ3n) is 3.89. The number of benzene rings is 1. The van der Waals surface area contributed by atoms with E-state index in [0.717, 1.165) is 31.7 Å². The Kier molecular flexibility index (Phi) is 3.07. The van der Waals surface area contributed by atoms with Crippen LogP contribution in [0.4, 0.5) is 5.82 Å². The molecule has 1 saturated heterocycles. The number of rotatable bonds is 2. The molecule has 0 bridgehead atoms. The molecule has 4 heteroatoms. The summed E-state index contributed by atoms with van der Waals surface area (Å²) in [6.45, 7) is 1.84. The molecule has 0 radical (unpaired) electrons. The number of amidine groups is 1. The number of piperidine rings is 1. The van der Waals surface area contributed by atoms with Gasteiger partial charge in [-0.25, -0.2) is 4.98 Å². The zero-order valence-corrected chi connectivity index (χ0v) is 10.8. The number of pyridine rings is 1. The van der Waals surface area contributed by atoms with E-state index in [9.17, 15) is 0 Å². The van der Waals surface area contributed by atoms with Crippen molar-refractivity contribution in [2.24, 2.45) is 11.7 Å².